The SMILES string of the molecule is CC1(c2ccc3c(c2)SC(C(F)(F)F)C(n2ccc(C(F)(F)F)n2)=C3)CC1. The molecule has 1 aromatic carbocycles. The van der Waals surface area contributed by atoms with E-state index < -0.39 is 23.3 Å². The normalized spacial score (nSPS) is 21.6. The molecule has 2 heterocycles. The first-order valence-corrected chi connectivity index (χ1v) is 9.08. The van der Waals surface area contributed by atoms with Gasteiger partial charge in [0.1, 0.15) is 5.25 Å². The highest BCUT2D eigenvalue weighted by molar-refractivity contribution is 8.00. The van der Waals surface area contributed by atoms with Crippen LogP contribution in [0.4, 0.5) is 26.3 Å². The second-order valence-electron chi connectivity index (χ2n) is 7.07. The molecule has 1 aromatic heterocycles. The molecule has 2 nitrogen and oxygen atoms in total. The second kappa shape index (κ2) is 5.80. The number of hydrogen-bond acceptors (Lipinski definition) is 2. The largest absolute Gasteiger partial charge is 0.435 e. The number of thioether (sulfide) groups is 1. The van der Waals surface area contributed by atoms with Gasteiger partial charge in [0.15, 0.2) is 5.69 Å². The molecule has 1 aliphatic carbocycles. The monoisotopic (exact) mass is 404 g/mol. The lowest BCUT2D eigenvalue weighted by Gasteiger charge is -2.28. The lowest BCUT2D eigenvalue weighted by molar-refractivity contribution is -0.141. The van der Waals surface area contributed by atoms with E-state index in [1.807, 2.05) is 6.07 Å². The molecule has 2 aromatic rings. The van der Waals surface area contributed by atoms with Gasteiger partial charge in [-0.2, -0.15) is 31.4 Å². The molecule has 2 aliphatic rings. The highest BCUT2D eigenvalue weighted by Gasteiger charge is 2.47. The predicted molar refractivity (Wildman–Crippen MR) is 90.1 cm³/mol. The molecule has 0 spiro atoms. The Bertz CT molecular complexity index is 921. The minimum Gasteiger partial charge on any atom is -0.243 e. The van der Waals surface area contributed by atoms with Gasteiger partial charge in [0.05, 0.1) is 5.70 Å². The van der Waals surface area contributed by atoms with Crippen LogP contribution in [0, 0.1) is 0 Å². The third-order valence-corrected chi connectivity index (χ3v) is 6.32. The van der Waals surface area contributed by atoms with Crippen molar-refractivity contribution in [3.05, 3.63) is 47.3 Å². The van der Waals surface area contributed by atoms with Gasteiger partial charge >= 0.3 is 12.4 Å². The summed E-state index contributed by atoms with van der Waals surface area (Å²) in [5.74, 6) is 0. The first-order valence-electron chi connectivity index (χ1n) is 8.20. The van der Waals surface area contributed by atoms with Crippen LogP contribution in [0.15, 0.2) is 35.4 Å². The summed E-state index contributed by atoms with van der Waals surface area (Å²) >= 11 is 0.606. The minimum atomic E-state index is -4.71. The van der Waals surface area contributed by atoms with Crippen molar-refractivity contribution in [3.63, 3.8) is 0 Å². The van der Waals surface area contributed by atoms with Crippen molar-refractivity contribution in [3.8, 4) is 0 Å². The molecule has 0 amide bonds. The third kappa shape index (κ3) is 3.37. The van der Waals surface area contributed by atoms with Gasteiger partial charge in [-0.25, -0.2) is 4.68 Å². The van der Waals surface area contributed by atoms with E-state index >= 15 is 0 Å². The van der Waals surface area contributed by atoms with Crippen molar-refractivity contribution in [2.75, 3.05) is 0 Å². The van der Waals surface area contributed by atoms with E-state index in [4.69, 9.17) is 0 Å². The smallest absolute Gasteiger partial charge is 0.243 e. The van der Waals surface area contributed by atoms with Crippen molar-refractivity contribution in [1.82, 2.24) is 9.78 Å². The molecule has 144 valence electrons. The molecular formula is C18H14F6N2S. The number of nitrogens with zero attached hydrogens (tertiary/aromatic N) is 2. The fraction of sp³-hybridized carbons (Fsp3) is 0.389. The van der Waals surface area contributed by atoms with Gasteiger partial charge in [-0.3, -0.25) is 0 Å². The molecule has 9 heteroatoms. The van der Waals surface area contributed by atoms with Gasteiger partial charge in [0.25, 0.3) is 0 Å². The maximum absolute atomic E-state index is 13.6. The summed E-state index contributed by atoms with van der Waals surface area (Å²) in [4.78, 5) is 0.481. The summed E-state index contributed by atoms with van der Waals surface area (Å²) < 4.78 is 79.9. The summed E-state index contributed by atoms with van der Waals surface area (Å²) in [6.07, 6.45) is -5.16. The van der Waals surface area contributed by atoms with Gasteiger partial charge in [-0.1, -0.05) is 19.1 Å². The van der Waals surface area contributed by atoms with E-state index in [0.29, 0.717) is 33.0 Å². The number of halogens is 6. The van der Waals surface area contributed by atoms with Crippen molar-refractivity contribution < 1.29 is 26.3 Å². The number of benzene rings is 1. The molecule has 0 saturated heterocycles. The van der Waals surface area contributed by atoms with E-state index in [1.54, 1.807) is 12.1 Å². The highest BCUT2D eigenvalue weighted by Crippen LogP contribution is 2.51. The average Bonchev–Trinajstić information content (AvgIpc) is 3.12. The molecular weight excluding hydrogens is 390 g/mol. The Hall–Kier alpha value is -1.90. The molecule has 0 radical (unpaired) electrons. The van der Waals surface area contributed by atoms with Crippen LogP contribution < -0.4 is 0 Å². The summed E-state index contributed by atoms with van der Waals surface area (Å²) in [6, 6.07) is 6.04. The summed E-state index contributed by atoms with van der Waals surface area (Å²) in [5, 5.41) is 1.33. The number of aromatic nitrogens is 2. The van der Waals surface area contributed by atoms with Gasteiger partial charge in [-0.15, -0.1) is 11.8 Å². The average molecular weight is 404 g/mol. The first-order chi connectivity index (χ1) is 12.5. The lowest BCUT2D eigenvalue weighted by Crippen LogP contribution is -2.31. The Morgan fingerprint density at radius 2 is 1.81 bits per heavy atom. The molecule has 1 aliphatic heterocycles. The van der Waals surface area contributed by atoms with Crippen LogP contribution in [0.2, 0.25) is 0 Å². The van der Waals surface area contributed by atoms with Crippen molar-refractivity contribution in [2.45, 2.75) is 47.7 Å². The zero-order chi connectivity index (χ0) is 19.6. The Morgan fingerprint density at radius 3 is 2.37 bits per heavy atom. The summed E-state index contributed by atoms with van der Waals surface area (Å²) in [5.41, 5.74) is -0.00720. The van der Waals surface area contributed by atoms with Crippen molar-refractivity contribution in [2.24, 2.45) is 0 Å². The minimum absolute atomic E-state index is 0.0108. The summed E-state index contributed by atoms with van der Waals surface area (Å²) in [6.45, 7) is 2.06. The van der Waals surface area contributed by atoms with Gasteiger partial charge < -0.3 is 0 Å². The van der Waals surface area contributed by atoms with Gasteiger partial charge in [0.2, 0.25) is 0 Å². The quantitative estimate of drug-likeness (QED) is 0.573. The van der Waals surface area contributed by atoms with Crippen LogP contribution >= 0.6 is 11.8 Å². The molecule has 1 atom stereocenters. The third-order valence-electron chi connectivity index (χ3n) is 4.97. The fourth-order valence-corrected chi connectivity index (χ4v) is 4.21. The molecule has 1 unspecified atom stereocenters. The number of hydrogen-bond donors (Lipinski definition) is 0. The standard InChI is InChI=1S/C18H14F6N2S/c1-16(5-6-16)11-3-2-10-8-12(15(18(22,23)24)27-13(10)9-11)26-7-4-14(25-26)17(19,20)21/h2-4,7-9,15H,5-6H2,1H3. The van der Waals surface area contributed by atoms with Crippen molar-refractivity contribution >= 4 is 23.5 Å². The molecule has 27 heavy (non-hydrogen) atoms. The lowest BCUT2D eigenvalue weighted by atomic mass is 9.97. The number of fused-ring (bicyclic) bond motifs is 1. The van der Waals surface area contributed by atoms with Gasteiger partial charge in [-0.05, 0) is 47.6 Å². The highest BCUT2D eigenvalue weighted by atomic mass is 32.2. The van der Waals surface area contributed by atoms with E-state index in [9.17, 15) is 26.3 Å². The maximum Gasteiger partial charge on any atom is 0.435 e. The molecule has 1 fully saturated rings. The Balaban J connectivity index is 1.78. The zero-order valence-corrected chi connectivity index (χ0v) is 14.8. The maximum atomic E-state index is 13.6. The van der Waals surface area contributed by atoms with E-state index in [0.717, 1.165) is 24.6 Å². The zero-order valence-electron chi connectivity index (χ0n) is 14.0. The number of rotatable bonds is 2. The van der Waals surface area contributed by atoms with Crippen LogP contribution in [0.25, 0.3) is 11.8 Å². The van der Waals surface area contributed by atoms with E-state index in [-0.39, 0.29) is 11.1 Å². The Kier molecular flexibility index (Phi) is 3.96. The molecule has 0 bridgehead atoms. The molecule has 0 N–H and O–H groups in total. The molecule has 1 saturated carbocycles. The Morgan fingerprint density at radius 1 is 1.11 bits per heavy atom. The second-order valence-corrected chi connectivity index (χ2v) is 8.21. The van der Waals surface area contributed by atoms with Crippen LogP contribution in [0.3, 0.4) is 0 Å². The fourth-order valence-electron chi connectivity index (χ4n) is 3.07. The van der Waals surface area contributed by atoms with Crippen LogP contribution in [-0.4, -0.2) is 21.2 Å². The van der Waals surface area contributed by atoms with Gasteiger partial charge in [0, 0.05) is 11.1 Å². The molecule has 4 rings (SSSR count). The van der Waals surface area contributed by atoms with E-state index in [2.05, 4.69) is 12.0 Å². The van der Waals surface area contributed by atoms with Crippen molar-refractivity contribution in [1.29, 1.82) is 0 Å². The number of alkyl halides is 6. The van der Waals surface area contributed by atoms with Crippen LogP contribution in [0.5, 0.6) is 0 Å². The van der Waals surface area contributed by atoms with Crippen LogP contribution in [0.1, 0.15) is 36.6 Å². The van der Waals surface area contributed by atoms with Crippen LogP contribution in [-0.2, 0) is 11.6 Å². The predicted octanol–water partition coefficient (Wildman–Crippen LogP) is 5.99. The Labute approximate surface area is 155 Å². The first kappa shape index (κ1) is 18.5. The van der Waals surface area contributed by atoms with E-state index in [1.165, 1.54) is 6.08 Å². The summed E-state index contributed by atoms with van der Waals surface area (Å²) in [7, 11) is 0. The topological polar surface area (TPSA) is 17.8 Å².